The van der Waals surface area contributed by atoms with Crippen molar-refractivity contribution in [2.45, 2.75) is 45.1 Å². The summed E-state index contributed by atoms with van der Waals surface area (Å²) in [5.74, 6) is 0.177. The topological polar surface area (TPSA) is 33.2 Å². The van der Waals surface area contributed by atoms with E-state index in [1.807, 2.05) is 18.3 Å². The van der Waals surface area contributed by atoms with Crippen LogP contribution < -0.4 is 0 Å². The number of thiophene rings is 1. The summed E-state index contributed by atoms with van der Waals surface area (Å²) in [6, 6.07) is 4.67. The Labute approximate surface area is 133 Å². The molecule has 21 heavy (non-hydrogen) atoms. The van der Waals surface area contributed by atoms with Crippen LogP contribution in [0.3, 0.4) is 0 Å². The largest absolute Gasteiger partial charge is 0.335 e. The van der Waals surface area contributed by atoms with E-state index in [1.165, 1.54) is 22.6 Å². The van der Waals surface area contributed by atoms with Gasteiger partial charge in [-0.3, -0.25) is 4.79 Å². The lowest BCUT2D eigenvalue weighted by molar-refractivity contribution is 0.0607. The fourth-order valence-electron chi connectivity index (χ4n) is 2.93. The first-order valence-electron chi connectivity index (χ1n) is 7.50. The van der Waals surface area contributed by atoms with E-state index in [1.54, 1.807) is 6.20 Å². The molecular formula is C16H20N2OS2. The molecule has 5 heteroatoms. The zero-order valence-corrected chi connectivity index (χ0v) is 13.9. The Hall–Kier alpha value is -1.20. The molecule has 0 N–H and O–H groups in total. The summed E-state index contributed by atoms with van der Waals surface area (Å²) in [4.78, 5) is 21.2. The smallest absolute Gasteiger partial charge is 0.265 e. The van der Waals surface area contributed by atoms with Crippen molar-refractivity contribution in [2.24, 2.45) is 0 Å². The van der Waals surface area contributed by atoms with E-state index < -0.39 is 0 Å². The van der Waals surface area contributed by atoms with Crippen molar-refractivity contribution in [1.82, 2.24) is 9.88 Å². The van der Waals surface area contributed by atoms with E-state index in [4.69, 9.17) is 0 Å². The van der Waals surface area contributed by atoms with Crippen molar-refractivity contribution in [3.05, 3.63) is 38.5 Å². The minimum atomic E-state index is 0.177. The first-order chi connectivity index (χ1) is 10.2. The van der Waals surface area contributed by atoms with E-state index >= 15 is 0 Å². The number of piperidine rings is 1. The fourth-order valence-corrected chi connectivity index (χ4v) is 4.39. The van der Waals surface area contributed by atoms with Gasteiger partial charge in [-0.15, -0.1) is 22.7 Å². The van der Waals surface area contributed by atoms with Crippen molar-refractivity contribution in [1.29, 1.82) is 0 Å². The van der Waals surface area contributed by atoms with E-state index in [0.717, 1.165) is 42.1 Å². The zero-order valence-electron chi connectivity index (χ0n) is 12.2. The van der Waals surface area contributed by atoms with Gasteiger partial charge in [0.05, 0.1) is 11.2 Å². The van der Waals surface area contributed by atoms with Gasteiger partial charge in [0, 0.05) is 17.5 Å². The first kappa shape index (κ1) is 14.7. The van der Waals surface area contributed by atoms with Gasteiger partial charge < -0.3 is 4.90 Å². The maximum atomic E-state index is 12.7. The summed E-state index contributed by atoms with van der Waals surface area (Å²) in [6.07, 6.45) is 7.37. The summed E-state index contributed by atoms with van der Waals surface area (Å²) >= 11 is 3.32. The van der Waals surface area contributed by atoms with Gasteiger partial charge in [-0.2, -0.15) is 0 Å². The van der Waals surface area contributed by atoms with Gasteiger partial charge in [0.2, 0.25) is 0 Å². The van der Waals surface area contributed by atoms with E-state index in [0.29, 0.717) is 6.04 Å². The highest BCUT2D eigenvalue weighted by Crippen LogP contribution is 2.25. The van der Waals surface area contributed by atoms with Crippen molar-refractivity contribution in [3.8, 4) is 0 Å². The number of carbonyl (C=O) groups excluding carboxylic acids is 1. The molecule has 1 fully saturated rings. The minimum absolute atomic E-state index is 0.177. The van der Waals surface area contributed by atoms with E-state index in [2.05, 4.69) is 27.4 Å². The summed E-state index contributed by atoms with van der Waals surface area (Å²) < 4.78 is 0. The molecule has 3 heterocycles. The van der Waals surface area contributed by atoms with Crippen LogP contribution in [0.5, 0.6) is 0 Å². The van der Waals surface area contributed by atoms with Gasteiger partial charge in [0.25, 0.3) is 5.91 Å². The van der Waals surface area contributed by atoms with Crippen LogP contribution in [-0.2, 0) is 6.42 Å². The second kappa shape index (κ2) is 6.71. The molecule has 0 aliphatic carbocycles. The molecule has 0 saturated carbocycles. The van der Waals surface area contributed by atoms with Crippen LogP contribution in [0.15, 0.2) is 23.7 Å². The number of amides is 1. The van der Waals surface area contributed by atoms with Crippen molar-refractivity contribution in [2.75, 3.05) is 6.54 Å². The van der Waals surface area contributed by atoms with Crippen LogP contribution >= 0.6 is 22.7 Å². The Morgan fingerprint density at radius 3 is 3.10 bits per heavy atom. The molecule has 0 radical (unpaired) electrons. The van der Waals surface area contributed by atoms with E-state index in [9.17, 15) is 4.79 Å². The molecule has 2 aromatic rings. The molecule has 2 aromatic heterocycles. The second-order valence-electron chi connectivity index (χ2n) is 5.51. The van der Waals surface area contributed by atoms with Crippen molar-refractivity contribution < 1.29 is 4.79 Å². The quantitative estimate of drug-likeness (QED) is 0.848. The number of hydrogen-bond donors (Lipinski definition) is 0. The average molecular weight is 320 g/mol. The average Bonchev–Trinajstić information content (AvgIpc) is 3.16. The predicted octanol–water partition coefficient (Wildman–Crippen LogP) is 4.14. The van der Waals surface area contributed by atoms with Gasteiger partial charge in [-0.1, -0.05) is 6.07 Å². The van der Waals surface area contributed by atoms with Crippen LogP contribution in [0.4, 0.5) is 0 Å². The number of aromatic nitrogens is 1. The lowest BCUT2D eigenvalue weighted by atomic mass is 9.97. The Morgan fingerprint density at radius 1 is 1.48 bits per heavy atom. The molecule has 112 valence electrons. The number of carbonyl (C=O) groups is 1. The van der Waals surface area contributed by atoms with Gasteiger partial charge in [0.15, 0.2) is 0 Å². The van der Waals surface area contributed by atoms with Gasteiger partial charge >= 0.3 is 0 Å². The number of thiazole rings is 1. The number of hydrogen-bond acceptors (Lipinski definition) is 4. The number of likely N-dealkylation sites (tertiary alicyclic amines) is 1. The Balaban J connectivity index is 1.67. The maximum absolute atomic E-state index is 12.7. The SMILES string of the molecule is Cc1ncc(C(=O)N2CCCC[C@H]2CCc2cccs2)s1. The van der Waals surface area contributed by atoms with E-state index in [-0.39, 0.29) is 5.91 Å². The molecular weight excluding hydrogens is 300 g/mol. The lowest BCUT2D eigenvalue weighted by Gasteiger charge is -2.35. The van der Waals surface area contributed by atoms with Gasteiger partial charge in [-0.05, 0) is 50.5 Å². The summed E-state index contributed by atoms with van der Waals surface area (Å²) in [7, 11) is 0. The summed E-state index contributed by atoms with van der Waals surface area (Å²) in [5, 5.41) is 3.09. The van der Waals surface area contributed by atoms with Gasteiger partial charge in [0.1, 0.15) is 4.88 Å². The lowest BCUT2D eigenvalue weighted by Crippen LogP contribution is -2.43. The zero-order chi connectivity index (χ0) is 14.7. The third kappa shape index (κ3) is 3.52. The molecule has 0 spiro atoms. The third-order valence-corrected chi connectivity index (χ3v) is 5.86. The normalized spacial score (nSPS) is 18.9. The Bertz CT molecular complexity index is 591. The number of aryl methyl sites for hydroxylation is 2. The third-order valence-electron chi connectivity index (χ3n) is 4.02. The van der Waals surface area contributed by atoms with Crippen LogP contribution in [0.2, 0.25) is 0 Å². The second-order valence-corrected chi connectivity index (χ2v) is 7.78. The molecule has 0 aromatic carbocycles. The molecule has 1 atom stereocenters. The summed E-state index contributed by atoms with van der Waals surface area (Å²) in [6.45, 7) is 2.84. The molecule has 1 aliphatic rings. The highest BCUT2D eigenvalue weighted by Gasteiger charge is 2.28. The molecule has 1 amide bonds. The van der Waals surface area contributed by atoms with Crippen molar-refractivity contribution in [3.63, 3.8) is 0 Å². The monoisotopic (exact) mass is 320 g/mol. The van der Waals surface area contributed by atoms with Gasteiger partial charge in [-0.25, -0.2) is 4.98 Å². The van der Waals surface area contributed by atoms with Crippen molar-refractivity contribution >= 4 is 28.6 Å². The number of rotatable bonds is 4. The molecule has 0 unspecified atom stereocenters. The summed E-state index contributed by atoms with van der Waals surface area (Å²) in [5.41, 5.74) is 0. The first-order valence-corrected chi connectivity index (χ1v) is 9.19. The highest BCUT2D eigenvalue weighted by atomic mass is 32.1. The minimum Gasteiger partial charge on any atom is -0.335 e. The fraction of sp³-hybridized carbons (Fsp3) is 0.500. The molecule has 3 rings (SSSR count). The van der Waals surface area contributed by atoms with Crippen LogP contribution in [-0.4, -0.2) is 28.4 Å². The highest BCUT2D eigenvalue weighted by molar-refractivity contribution is 7.13. The molecule has 0 bridgehead atoms. The van der Waals surface area contributed by atoms with Crippen LogP contribution in [0.1, 0.15) is 45.2 Å². The Morgan fingerprint density at radius 2 is 2.38 bits per heavy atom. The predicted molar refractivity (Wildman–Crippen MR) is 88.2 cm³/mol. The Kier molecular flexibility index (Phi) is 4.70. The molecule has 1 saturated heterocycles. The van der Waals surface area contributed by atoms with Crippen LogP contribution in [0, 0.1) is 6.92 Å². The standard InChI is InChI=1S/C16H20N2OS2/c1-12-17-11-15(21-12)16(19)18-9-3-2-5-13(18)7-8-14-6-4-10-20-14/h4,6,10-11,13H,2-3,5,7-9H2,1H3/t13-/m0/s1. The van der Waals surface area contributed by atoms with Crippen LogP contribution in [0.25, 0.3) is 0 Å². The molecule has 3 nitrogen and oxygen atoms in total. The molecule has 1 aliphatic heterocycles. The maximum Gasteiger partial charge on any atom is 0.265 e. The number of nitrogens with zero attached hydrogens (tertiary/aromatic N) is 2.